The zero-order chi connectivity index (χ0) is 28.0. The van der Waals surface area contributed by atoms with Crippen LogP contribution < -0.4 is 20.8 Å². The number of nitrogens with one attached hydrogen (secondary N) is 2. The first kappa shape index (κ1) is 27.1. The predicted molar refractivity (Wildman–Crippen MR) is 163 cm³/mol. The van der Waals surface area contributed by atoms with Gasteiger partial charge in [0, 0.05) is 47.3 Å². The fourth-order valence-electron chi connectivity index (χ4n) is 5.10. The van der Waals surface area contributed by atoms with Crippen LogP contribution in [0.3, 0.4) is 0 Å². The fourth-order valence-corrected chi connectivity index (χ4v) is 6.87. The summed E-state index contributed by atoms with van der Waals surface area (Å²) in [5, 5.41) is 8.13. The summed E-state index contributed by atoms with van der Waals surface area (Å²) in [6, 6.07) is 11.3. The topological polar surface area (TPSA) is 92.3 Å². The zero-order valence-corrected chi connectivity index (χ0v) is 25.2. The van der Waals surface area contributed by atoms with Crippen LogP contribution >= 0.6 is 23.1 Å². The van der Waals surface area contributed by atoms with E-state index in [-0.39, 0.29) is 5.82 Å². The van der Waals surface area contributed by atoms with Gasteiger partial charge in [-0.15, -0.1) is 0 Å². The largest absolute Gasteiger partial charge is 0.378 e. The molecule has 2 aliphatic rings. The van der Waals surface area contributed by atoms with Crippen molar-refractivity contribution in [1.82, 2.24) is 15.0 Å². The molecular formula is C29H31BrFN6O2P. The highest BCUT2D eigenvalue weighted by molar-refractivity contribution is 9.10. The molecule has 2 N–H and O–H groups in total. The minimum atomic E-state index is -2.70. The van der Waals surface area contributed by atoms with Crippen LogP contribution in [0.5, 0.6) is 0 Å². The lowest BCUT2D eigenvalue weighted by Crippen LogP contribution is -2.36. The molecule has 0 amide bonds. The van der Waals surface area contributed by atoms with E-state index in [0.717, 1.165) is 27.5 Å². The average Bonchev–Trinajstić information content (AvgIpc) is 3.77. The molecule has 1 saturated carbocycles. The number of halogens is 2. The Morgan fingerprint density at radius 3 is 2.55 bits per heavy atom. The molecule has 0 radical (unpaired) electrons. The molecule has 8 nitrogen and oxygen atoms in total. The molecule has 2 aromatic carbocycles. The van der Waals surface area contributed by atoms with Gasteiger partial charge in [-0.25, -0.2) is 9.37 Å². The third-order valence-electron chi connectivity index (χ3n) is 7.29. The number of fused-ring (bicyclic) bond motifs is 1. The molecular weight excluding hydrogens is 594 g/mol. The van der Waals surface area contributed by atoms with E-state index in [1.807, 2.05) is 36.1 Å². The van der Waals surface area contributed by atoms with Crippen LogP contribution in [-0.2, 0) is 9.30 Å². The van der Waals surface area contributed by atoms with Crippen molar-refractivity contribution in [2.24, 2.45) is 0 Å². The van der Waals surface area contributed by atoms with Gasteiger partial charge in [-0.1, -0.05) is 6.07 Å². The molecule has 0 atom stereocenters. The van der Waals surface area contributed by atoms with Crippen molar-refractivity contribution in [1.29, 1.82) is 0 Å². The maximum Gasteiger partial charge on any atom is 0.229 e. The quantitative estimate of drug-likeness (QED) is 0.220. The first-order chi connectivity index (χ1) is 19.2. The minimum Gasteiger partial charge on any atom is -0.378 e. The van der Waals surface area contributed by atoms with E-state index in [1.165, 1.54) is 18.9 Å². The number of benzene rings is 2. The van der Waals surface area contributed by atoms with Gasteiger partial charge in [0.15, 0.2) is 0 Å². The number of morpholine rings is 1. The monoisotopic (exact) mass is 624 g/mol. The first-order valence-electron chi connectivity index (χ1n) is 13.4. The fraction of sp³-hybridized carbons (Fsp3) is 0.345. The normalized spacial score (nSPS) is 15.9. The van der Waals surface area contributed by atoms with Crippen molar-refractivity contribution < 1.29 is 13.7 Å². The Kier molecular flexibility index (Phi) is 7.27. The number of aryl methyl sites for hydroxylation is 1. The van der Waals surface area contributed by atoms with E-state index in [1.54, 1.807) is 19.5 Å². The van der Waals surface area contributed by atoms with Crippen LogP contribution in [0.1, 0.15) is 30.0 Å². The number of aromatic nitrogens is 3. The molecule has 40 heavy (non-hydrogen) atoms. The molecule has 0 spiro atoms. The molecule has 11 heteroatoms. The molecule has 2 aromatic heterocycles. The minimum absolute atomic E-state index is 0.307. The molecule has 4 aromatic rings. The van der Waals surface area contributed by atoms with Crippen LogP contribution in [0, 0.1) is 12.7 Å². The predicted octanol–water partition coefficient (Wildman–Crippen LogP) is 6.68. The van der Waals surface area contributed by atoms with Gasteiger partial charge in [0.1, 0.15) is 18.8 Å². The summed E-state index contributed by atoms with van der Waals surface area (Å²) in [4.78, 5) is 15.9. The molecule has 3 heterocycles. The number of ether oxygens (including phenoxy) is 1. The maximum atomic E-state index is 15.1. The van der Waals surface area contributed by atoms with E-state index in [2.05, 4.69) is 42.6 Å². The second kappa shape index (κ2) is 10.7. The summed E-state index contributed by atoms with van der Waals surface area (Å²) in [6.45, 7) is 7.94. The average molecular weight is 625 g/mol. The summed E-state index contributed by atoms with van der Waals surface area (Å²) in [5.74, 6) is 1.03. The number of rotatable bonds is 7. The van der Waals surface area contributed by atoms with Crippen LogP contribution in [0.25, 0.3) is 10.9 Å². The number of anilines is 5. The lowest BCUT2D eigenvalue weighted by Gasteiger charge is -2.29. The lowest BCUT2D eigenvalue weighted by molar-refractivity contribution is 0.122. The number of hydrogen-bond acceptors (Lipinski definition) is 8. The van der Waals surface area contributed by atoms with E-state index >= 15 is 4.39 Å². The van der Waals surface area contributed by atoms with Crippen LogP contribution in [0.2, 0.25) is 0 Å². The van der Waals surface area contributed by atoms with Crippen molar-refractivity contribution in [3.63, 3.8) is 0 Å². The molecule has 208 valence electrons. The summed E-state index contributed by atoms with van der Waals surface area (Å²) < 4.78 is 34.6. The number of hydrogen-bond donors (Lipinski definition) is 2. The highest BCUT2D eigenvalue weighted by Crippen LogP contribution is 2.43. The lowest BCUT2D eigenvalue weighted by atomic mass is 10.1. The van der Waals surface area contributed by atoms with Crippen molar-refractivity contribution in [2.45, 2.75) is 25.7 Å². The summed E-state index contributed by atoms with van der Waals surface area (Å²) >= 11 is 3.54. The van der Waals surface area contributed by atoms with Crippen molar-refractivity contribution in [3.8, 4) is 0 Å². The Balaban J connectivity index is 1.30. The SMILES string of the molecule is Cc1cc(N2CCOCC2)c(F)cc1Nc1ncc(Br)c(Nc2ccc3nc(C4CC4)ccc3c2P(C)(C)=O)n1. The van der Waals surface area contributed by atoms with Crippen LogP contribution in [0.4, 0.5) is 33.2 Å². The molecule has 0 bridgehead atoms. The summed E-state index contributed by atoms with van der Waals surface area (Å²) in [6.07, 6.45) is 3.98. The van der Waals surface area contributed by atoms with E-state index in [9.17, 15) is 4.57 Å². The second-order valence-corrected chi connectivity index (χ2v) is 14.8. The molecule has 1 saturated heterocycles. The maximum absolute atomic E-state index is 15.1. The highest BCUT2D eigenvalue weighted by atomic mass is 79.9. The third kappa shape index (κ3) is 5.57. The second-order valence-electron chi connectivity index (χ2n) is 10.7. The van der Waals surface area contributed by atoms with Crippen LogP contribution in [-0.4, -0.2) is 54.6 Å². The molecule has 6 rings (SSSR count). The van der Waals surface area contributed by atoms with Crippen molar-refractivity contribution in [2.75, 3.05) is 55.2 Å². The van der Waals surface area contributed by atoms with Crippen molar-refractivity contribution >= 4 is 68.1 Å². The Morgan fingerprint density at radius 2 is 1.82 bits per heavy atom. The van der Waals surface area contributed by atoms with E-state index < -0.39 is 7.14 Å². The number of pyridine rings is 1. The van der Waals surface area contributed by atoms with E-state index in [0.29, 0.717) is 65.5 Å². The Hall–Kier alpha value is -3.07. The molecule has 2 fully saturated rings. The van der Waals surface area contributed by atoms with Gasteiger partial charge < -0.3 is 24.8 Å². The van der Waals surface area contributed by atoms with Crippen molar-refractivity contribution in [3.05, 3.63) is 64.1 Å². The van der Waals surface area contributed by atoms with Gasteiger partial charge in [0.05, 0.1) is 34.6 Å². The van der Waals surface area contributed by atoms with Gasteiger partial charge in [-0.2, -0.15) is 4.98 Å². The summed E-state index contributed by atoms with van der Waals surface area (Å²) in [7, 11) is -2.70. The summed E-state index contributed by atoms with van der Waals surface area (Å²) in [5.41, 5.74) is 4.66. The Bertz CT molecular complexity index is 1650. The Labute approximate surface area is 241 Å². The highest BCUT2D eigenvalue weighted by Gasteiger charge is 2.27. The van der Waals surface area contributed by atoms with E-state index in [4.69, 9.17) is 9.72 Å². The van der Waals surface area contributed by atoms with Gasteiger partial charge in [-0.3, -0.25) is 4.98 Å². The van der Waals surface area contributed by atoms with Gasteiger partial charge >= 0.3 is 0 Å². The standard InChI is InChI=1S/C29H31BrFN6O2P/c1-17-14-26(37-10-12-39-13-11-37)21(31)15-25(17)35-29-32-16-20(30)28(36-29)34-24-9-8-23-19(27(24)40(2,3)38)6-7-22(33-23)18-4-5-18/h6-9,14-16,18H,4-5,10-13H2,1-3H3,(H2,32,34,35,36). The number of nitrogens with zero attached hydrogens (tertiary/aromatic N) is 4. The third-order valence-corrected chi connectivity index (χ3v) is 9.43. The smallest absolute Gasteiger partial charge is 0.229 e. The van der Waals surface area contributed by atoms with Gasteiger partial charge in [0.2, 0.25) is 5.95 Å². The molecule has 0 unspecified atom stereocenters. The zero-order valence-electron chi connectivity index (χ0n) is 22.7. The molecule has 1 aliphatic heterocycles. The Morgan fingerprint density at radius 1 is 1.05 bits per heavy atom. The van der Waals surface area contributed by atoms with Gasteiger partial charge in [0.25, 0.3) is 0 Å². The van der Waals surface area contributed by atoms with Gasteiger partial charge in [-0.05, 0) is 84.9 Å². The molecule has 1 aliphatic carbocycles. The first-order valence-corrected chi connectivity index (χ1v) is 16.8. The van der Waals surface area contributed by atoms with Crippen LogP contribution in [0.15, 0.2) is 47.1 Å².